The van der Waals surface area contributed by atoms with Crippen LogP contribution in [0.5, 0.6) is 0 Å². The zero-order chi connectivity index (χ0) is 13.8. The van der Waals surface area contributed by atoms with E-state index in [1.807, 2.05) is 60.8 Å². The van der Waals surface area contributed by atoms with E-state index < -0.39 is 0 Å². The minimum absolute atomic E-state index is 0.0767. The van der Waals surface area contributed by atoms with E-state index in [-0.39, 0.29) is 5.43 Å². The molecule has 0 atom stereocenters. The second kappa shape index (κ2) is 5.61. The van der Waals surface area contributed by atoms with Gasteiger partial charge in [0.2, 0.25) is 0 Å². The maximum absolute atomic E-state index is 11.8. The molecule has 3 rings (SSSR count). The van der Waals surface area contributed by atoms with Crippen molar-refractivity contribution in [2.75, 3.05) is 11.9 Å². The van der Waals surface area contributed by atoms with Gasteiger partial charge in [0.25, 0.3) is 0 Å². The SMILES string of the molecule is O=c1ccn(CCNc2ccccc2)c2ccccc12. The first-order valence-electron chi connectivity index (χ1n) is 6.72. The fourth-order valence-electron chi connectivity index (χ4n) is 2.33. The number of nitrogens with one attached hydrogen (secondary N) is 1. The van der Waals surface area contributed by atoms with Crippen LogP contribution in [0.15, 0.2) is 71.7 Å². The Morgan fingerprint density at radius 1 is 0.900 bits per heavy atom. The Morgan fingerprint density at radius 2 is 1.65 bits per heavy atom. The van der Waals surface area contributed by atoms with Crippen LogP contribution in [0.4, 0.5) is 5.69 Å². The number of benzene rings is 2. The Balaban J connectivity index is 1.78. The van der Waals surface area contributed by atoms with Crippen LogP contribution in [0.1, 0.15) is 0 Å². The maximum Gasteiger partial charge on any atom is 0.189 e. The third kappa shape index (κ3) is 2.57. The van der Waals surface area contributed by atoms with E-state index in [1.165, 1.54) is 0 Å². The fraction of sp³-hybridized carbons (Fsp3) is 0.118. The van der Waals surface area contributed by atoms with Crippen molar-refractivity contribution >= 4 is 16.6 Å². The summed E-state index contributed by atoms with van der Waals surface area (Å²) < 4.78 is 2.10. The molecule has 20 heavy (non-hydrogen) atoms. The molecule has 0 aliphatic rings. The van der Waals surface area contributed by atoms with Crippen LogP contribution in [-0.2, 0) is 6.54 Å². The molecule has 100 valence electrons. The first kappa shape index (κ1) is 12.5. The summed E-state index contributed by atoms with van der Waals surface area (Å²) in [6, 6.07) is 19.5. The highest BCUT2D eigenvalue weighted by atomic mass is 16.1. The number of pyridine rings is 1. The lowest BCUT2D eigenvalue weighted by atomic mass is 10.2. The normalized spacial score (nSPS) is 10.6. The highest BCUT2D eigenvalue weighted by Gasteiger charge is 2.01. The molecule has 0 radical (unpaired) electrons. The summed E-state index contributed by atoms with van der Waals surface area (Å²) in [5.41, 5.74) is 2.17. The van der Waals surface area contributed by atoms with Crippen molar-refractivity contribution in [3.8, 4) is 0 Å². The molecule has 3 nitrogen and oxygen atoms in total. The average Bonchev–Trinajstić information content (AvgIpc) is 2.51. The second-order valence-corrected chi connectivity index (χ2v) is 4.68. The predicted molar refractivity (Wildman–Crippen MR) is 83.1 cm³/mol. The average molecular weight is 264 g/mol. The highest BCUT2D eigenvalue weighted by molar-refractivity contribution is 5.78. The summed E-state index contributed by atoms with van der Waals surface area (Å²) in [7, 11) is 0. The fourth-order valence-corrected chi connectivity index (χ4v) is 2.33. The van der Waals surface area contributed by atoms with Crippen LogP contribution in [0.2, 0.25) is 0 Å². The van der Waals surface area contributed by atoms with E-state index in [1.54, 1.807) is 6.07 Å². The highest BCUT2D eigenvalue weighted by Crippen LogP contribution is 2.10. The second-order valence-electron chi connectivity index (χ2n) is 4.68. The largest absolute Gasteiger partial charge is 0.383 e. The molecule has 0 fully saturated rings. The van der Waals surface area contributed by atoms with Gasteiger partial charge in [0.1, 0.15) is 0 Å². The molecule has 0 spiro atoms. The molecule has 0 aliphatic carbocycles. The molecule has 2 aromatic carbocycles. The zero-order valence-corrected chi connectivity index (χ0v) is 11.1. The van der Waals surface area contributed by atoms with E-state index in [9.17, 15) is 4.79 Å². The van der Waals surface area contributed by atoms with E-state index in [4.69, 9.17) is 0 Å². The van der Waals surface area contributed by atoms with Gasteiger partial charge in [-0.2, -0.15) is 0 Å². The standard InChI is InChI=1S/C17H16N2O/c20-17-10-12-19(16-9-5-4-8-15(16)17)13-11-18-14-6-2-1-3-7-14/h1-10,12,18H,11,13H2. The van der Waals surface area contributed by atoms with E-state index in [2.05, 4.69) is 9.88 Å². The van der Waals surface area contributed by atoms with Crippen LogP contribution in [-0.4, -0.2) is 11.1 Å². The molecule has 3 aromatic rings. The Hall–Kier alpha value is -2.55. The first-order chi connectivity index (χ1) is 9.84. The third-order valence-corrected chi connectivity index (χ3v) is 3.34. The summed E-state index contributed by atoms with van der Waals surface area (Å²) in [5, 5.41) is 4.15. The smallest absolute Gasteiger partial charge is 0.189 e. The monoisotopic (exact) mass is 264 g/mol. The van der Waals surface area contributed by atoms with Crippen LogP contribution < -0.4 is 10.7 Å². The number of nitrogens with zero attached hydrogens (tertiary/aromatic N) is 1. The van der Waals surface area contributed by atoms with Crippen molar-refractivity contribution in [1.29, 1.82) is 0 Å². The van der Waals surface area contributed by atoms with Crippen LogP contribution >= 0.6 is 0 Å². The van der Waals surface area contributed by atoms with Crippen LogP contribution in [0.3, 0.4) is 0 Å². The number of hydrogen-bond acceptors (Lipinski definition) is 2. The van der Waals surface area contributed by atoms with Crippen molar-refractivity contribution < 1.29 is 0 Å². The Morgan fingerprint density at radius 3 is 2.50 bits per heavy atom. The Labute approximate surface area is 117 Å². The van der Waals surface area contributed by atoms with E-state index >= 15 is 0 Å². The van der Waals surface area contributed by atoms with Gasteiger partial charge in [0, 0.05) is 36.4 Å². The third-order valence-electron chi connectivity index (χ3n) is 3.34. The molecule has 0 unspecified atom stereocenters. The van der Waals surface area contributed by atoms with Crippen LogP contribution in [0, 0.1) is 0 Å². The topological polar surface area (TPSA) is 34.0 Å². The Bertz CT molecular complexity index is 763. The molecule has 1 aromatic heterocycles. The number of fused-ring (bicyclic) bond motifs is 1. The summed E-state index contributed by atoms with van der Waals surface area (Å²) in [6.07, 6.45) is 1.86. The van der Waals surface area contributed by atoms with Gasteiger partial charge in [-0.15, -0.1) is 0 Å². The van der Waals surface area contributed by atoms with Gasteiger partial charge in [-0.05, 0) is 24.3 Å². The van der Waals surface area contributed by atoms with Gasteiger partial charge in [-0.1, -0.05) is 30.3 Å². The lowest BCUT2D eigenvalue weighted by Crippen LogP contribution is -2.13. The van der Waals surface area contributed by atoms with Crippen molar-refractivity contribution in [3.05, 3.63) is 77.1 Å². The summed E-state index contributed by atoms with van der Waals surface area (Å²) >= 11 is 0. The van der Waals surface area contributed by atoms with E-state index in [0.717, 1.165) is 29.7 Å². The predicted octanol–water partition coefficient (Wildman–Crippen LogP) is 3.11. The number of anilines is 1. The lowest BCUT2D eigenvalue weighted by molar-refractivity contribution is 0.749. The van der Waals surface area contributed by atoms with Crippen molar-refractivity contribution in [2.24, 2.45) is 0 Å². The minimum Gasteiger partial charge on any atom is -0.383 e. The van der Waals surface area contributed by atoms with Crippen LogP contribution in [0.25, 0.3) is 10.9 Å². The number of hydrogen-bond donors (Lipinski definition) is 1. The molecule has 1 heterocycles. The number of aromatic nitrogens is 1. The molecular formula is C17H16N2O. The van der Waals surface area contributed by atoms with Crippen molar-refractivity contribution in [1.82, 2.24) is 4.57 Å². The molecule has 0 amide bonds. The molecule has 0 bridgehead atoms. The van der Waals surface area contributed by atoms with Gasteiger partial charge >= 0.3 is 0 Å². The molecule has 0 saturated heterocycles. The van der Waals surface area contributed by atoms with Gasteiger partial charge in [0.05, 0.1) is 5.52 Å². The summed E-state index contributed by atoms with van der Waals surface area (Å²) in [5.74, 6) is 0. The molecule has 0 aliphatic heterocycles. The Kier molecular flexibility index (Phi) is 3.50. The van der Waals surface area contributed by atoms with Gasteiger partial charge in [0.15, 0.2) is 5.43 Å². The lowest BCUT2D eigenvalue weighted by Gasteiger charge is -2.12. The van der Waals surface area contributed by atoms with Gasteiger partial charge in [-0.25, -0.2) is 0 Å². The zero-order valence-electron chi connectivity index (χ0n) is 11.1. The van der Waals surface area contributed by atoms with Gasteiger partial charge in [-0.3, -0.25) is 4.79 Å². The molecule has 0 saturated carbocycles. The van der Waals surface area contributed by atoms with Crippen molar-refractivity contribution in [3.63, 3.8) is 0 Å². The van der Waals surface area contributed by atoms with Crippen molar-refractivity contribution in [2.45, 2.75) is 6.54 Å². The minimum atomic E-state index is 0.0767. The molecular weight excluding hydrogens is 248 g/mol. The number of rotatable bonds is 4. The van der Waals surface area contributed by atoms with E-state index in [0.29, 0.717) is 0 Å². The number of para-hydroxylation sites is 2. The molecule has 3 heteroatoms. The van der Waals surface area contributed by atoms with Gasteiger partial charge < -0.3 is 9.88 Å². The maximum atomic E-state index is 11.8. The quantitative estimate of drug-likeness (QED) is 0.785. The summed E-state index contributed by atoms with van der Waals surface area (Å²) in [4.78, 5) is 11.8. The summed E-state index contributed by atoms with van der Waals surface area (Å²) in [6.45, 7) is 1.63. The molecule has 1 N–H and O–H groups in total. The first-order valence-corrected chi connectivity index (χ1v) is 6.72.